The van der Waals surface area contributed by atoms with Gasteiger partial charge in [-0.3, -0.25) is 14.6 Å². The van der Waals surface area contributed by atoms with Crippen LogP contribution in [-0.2, 0) is 11.3 Å². The first-order valence-corrected chi connectivity index (χ1v) is 8.60. The van der Waals surface area contributed by atoms with Crippen molar-refractivity contribution in [1.29, 1.82) is 0 Å². The Labute approximate surface area is 141 Å². The molecule has 0 aliphatic carbocycles. The summed E-state index contributed by atoms with van der Waals surface area (Å²) in [5, 5.41) is 0. The quantitative estimate of drug-likeness (QED) is 0.917. The molecule has 0 radical (unpaired) electrons. The van der Waals surface area contributed by atoms with Crippen LogP contribution >= 0.6 is 0 Å². The Hall–Kier alpha value is -1.53. The predicted octanol–water partition coefficient (Wildman–Crippen LogP) is 2.24. The minimum absolute atomic E-state index is 0.185. The number of carbonyl (C=O) groups is 1. The number of primary amides is 1. The summed E-state index contributed by atoms with van der Waals surface area (Å²) in [5.74, 6) is -2.98. The van der Waals surface area contributed by atoms with Gasteiger partial charge in [0.25, 0.3) is 5.92 Å². The van der Waals surface area contributed by atoms with Crippen molar-refractivity contribution in [2.75, 3.05) is 26.2 Å². The Morgan fingerprint density at radius 1 is 1.00 bits per heavy atom. The second-order valence-corrected chi connectivity index (χ2v) is 7.00. The summed E-state index contributed by atoms with van der Waals surface area (Å²) in [5.41, 5.74) is 6.19. The SMILES string of the molecule is NC(=O)C1(N2CCC(F)(F)CC2)CCN(Cc2ccccc2)CC1. The molecule has 132 valence electrons. The molecule has 0 bridgehead atoms. The van der Waals surface area contributed by atoms with Crippen molar-refractivity contribution in [3.05, 3.63) is 35.9 Å². The van der Waals surface area contributed by atoms with E-state index < -0.39 is 11.5 Å². The number of nitrogens with two attached hydrogens (primary N) is 1. The summed E-state index contributed by atoms with van der Waals surface area (Å²) in [6.45, 7) is 2.84. The molecule has 3 rings (SSSR count). The average Bonchev–Trinajstić information content (AvgIpc) is 2.56. The molecule has 1 aromatic carbocycles. The van der Waals surface area contributed by atoms with E-state index in [9.17, 15) is 13.6 Å². The van der Waals surface area contributed by atoms with Crippen LogP contribution in [0.3, 0.4) is 0 Å². The van der Waals surface area contributed by atoms with Crippen LogP contribution in [0, 0.1) is 0 Å². The topological polar surface area (TPSA) is 49.6 Å². The number of hydrogen-bond donors (Lipinski definition) is 1. The van der Waals surface area contributed by atoms with Crippen LogP contribution in [0.25, 0.3) is 0 Å². The van der Waals surface area contributed by atoms with Gasteiger partial charge in [0.05, 0.1) is 0 Å². The number of rotatable bonds is 4. The highest BCUT2D eigenvalue weighted by atomic mass is 19.3. The lowest BCUT2D eigenvalue weighted by Gasteiger charge is -2.49. The van der Waals surface area contributed by atoms with E-state index in [0.29, 0.717) is 12.8 Å². The van der Waals surface area contributed by atoms with Crippen molar-refractivity contribution in [2.45, 2.75) is 43.7 Å². The van der Waals surface area contributed by atoms with Crippen molar-refractivity contribution in [1.82, 2.24) is 9.80 Å². The fraction of sp³-hybridized carbons (Fsp3) is 0.611. The first kappa shape index (κ1) is 17.3. The fourth-order valence-corrected chi connectivity index (χ4v) is 3.90. The number of hydrogen-bond acceptors (Lipinski definition) is 3. The third-order valence-electron chi connectivity index (χ3n) is 5.49. The molecule has 2 aliphatic heterocycles. The van der Waals surface area contributed by atoms with Gasteiger partial charge < -0.3 is 5.73 Å². The molecule has 0 spiro atoms. The van der Waals surface area contributed by atoms with Crippen molar-refractivity contribution >= 4 is 5.91 Å². The van der Waals surface area contributed by atoms with Gasteiger partial charge in [-0.15, -0.1) is 0 Å². The van der Waals surface area contributed by atoms with E-state index in [1.165, 1.54) is 5.56 Å². The minimum atomic E-state index is -2.61. The molecule has 2 heterocycles. The van der Waals surface area contributed by atoms with Crippen LogP contribution in [0.5, 0.6) is 0 Å². The number of benzene rings is 1. The lowest BCUT2D eigenvalue weighted by atomic mass is 9.83. The number of piperidine rings is 2. The summed E-state index contributed by atoms with van der Waals surface area (Å²) < 4.78 is 26.8. The van der Waals surface area contributed by atoms with Crippen LogP contribution < -0.4 is 5.73 Å². The number of carbonyl (C=O) groups excluding carboxylic acids is 1. The van der Waals surface area contributed by atoms with E-state index in [1.807, 2.05) is 23.1 Å². The van der Waals surface area contributed by atoms with Gasteiger partial charge in [-0.1, -0.05) is 30.3 Å². The van der Waals surface area contributed by atoms with E-state index in [1.54, 1.807) is 0 Å². The second-order valence-electron chi connectivity index (χ2n) is 7.00. The third-order valence-corrected chi connectivity index (χ3v) is 5.49. The number of halogens is 2. The van der Waals surface area contributed by atoms with Crippen LogP contribution in [0.2, 0.25) is 0 Å². The number of likely N-dealkylation sites (tertiary alicyclic amines) is 2. The molecule has 4 nitrogen and oxygen atoms in total. The number of alkyl halides is 2. The van der Waals surface area contributed by atoms with Gasteiger partial charge in [0.15, 0.2) is 0 Å². The van der Waals surface area contributed by atoms with Crippen molar-refractivity contribution in [3.8, 4) is 0 Å². The Bertz CT molecular complexity index is 561. The van der Waals surface area contributed by atoms with Gasteiger partial charge in [-0.05, 0) is 18.4 Å². The van der Waals surface area contributed by atoms with Crippen LogP contribution in [-0.4, -0.2) is 53.3 Å². The zero-order valence-corrected chi connectivity index (χ0v) is 13.9. The summed E-state index contributed by atoms with van der Waals surface area (Å²) in [4.78, 5) is 16.4. The Morgan fingerprint density at radius 3 is 2.12 bits per heavy atom. The molecule has 2 N–H and O–H groups in total. The van der Waals surface area contributed by atoms with E-state index in [2.05, 4.69) is 17.0 Å². The monoisotopic (exact) mass is 337 g/mol. The molecule has 0 saturated carbocycles. The highest BCUT2D eigenvalue weighted by Crippen LogP contribution is 2.36. The second kappa shape index (κ2) is 6.76. The Kier molecular flexibility index (Phi) is 4.88. The van der Waals surface area contributed by atoms with Crippen LogP contribution in [0.4, 0.5) is 8.78 Å². The highest BCUT2D eigenvalue weighted by Gasteiger charge is 2.48. The maximum atomic E-state index is 13.4. The molecule has 1 aromatic rings. The molecule has 1 amide bonds. The van der Waals surface area contributed by atoms with Gasteiger partial charge in [-0.2, -0.15) is 0 Å². The Balaban J connectivity index is 1.63. The first-order valence-electron chi connectivity index (χ1n) is 8.60. The molecule has 2 saturated heterocycles. The Morgan fingerprint density at radius 2 is 1.58 bits per heavy atom. The molecular formula is C18H25F2N3O. The van der Waals surface area contributed by atoms with Gasteiger partial charge in [0.2, 0.25) is 5.91 Å². The molecule has 0 unspecified atom stereocenters. The predicted molar refractivity (Wildman–Crippen MR) is 88.6 cm³/mol. The maximum Gasteiger partial charge on any atom is 0.250 e. The van der Waals surface area contributed by atoms with Crippen molar-refractivity contribution in [2.24, 2.45) is 5.73 Å². The number of amides is 1. The minimum Gasteiger partial charge on any atom is -0.368 e. The van der Waals surface area contributed by atoms with Crippen molar-refractivity contribution in [3.63, 3.8) is 0 Å². The smallest absolute Gasteiger partial charge is 0.250 e. The summed E-state index contributed by atoms with van der Waals surface area (Å²) in [6, 6.07) is 10.2. The molecular weight excluding hydrogens is 312 g/mol. The van der Waals surface area contributed by atoms with Crippen molar-refractivity contribution < 1.29 is 13.6 Å². The van der Waals surface area contributed by atoms with E-state index in [-0.39, 0.29) is 31.8 Å². The summed E-state index contributed by atoms with van der Waals surface area (Å²) in [6.07, 6.45) is 0.854. The van der Waals surface area contributed by atoms with E-state index in [0.717, 1.165) is 19.6 Å². The zero-order chi connectivity index (χ0) is 17.2. The largest absolute Gasteiger partial charge is 0.368 e. The van der Waals surface area contributed by atoms with E-state index in [4.69, 9.17) is 5.73 Å². The molecule has 2 fully saturated rings. The molecule has 24 heavy (non-hydrogen) atoms. The lowest BCUT2D eigenvalue weighted by molar-refractivity contribution is -0.141. The summed E-state index contributed by atoms with van der Waals surface area (Å²) >= 11 is 0. The van der Waals surface area contributed by atoms with Gasteiger partial charge in [0, 0.05) is 45.6 Å². The lowest BCUT2D eigenvalue weighted by Crippen LogP contribution is -2.64. The van der Waals surface area contributed by atoms with Gasteiger partial charge in [0.1, 0.15) is 5.54 Å². The normalized spacial score (nSPS) is 24.6. The third kappa shape index (κ3) is 3.59. The fourth-order valence-electron chi connectivity index (χ4n) is 3.90. The van der Waals surface area contributed by atoms with Crippen LogP contribution in [0.15, 0.2) is 30.3 Å². The zero-order valence-electron chi connectivity index (χ0n) is 13.9. The average molecular weight is 337 g/mol. The number of nitrogens with zero attached hydrogens (tertiary/aromatic N) is 2. The van der Waals surface area contributed by atoms with E-state index >= 15 is 0 Å². The first-order chi connectivity index (χ1) is 11.4. The molecule has 0 atom stereocenters. The standard InChI is InChI=1S/C18H25F2N3O/c19-18(20)8-12-23(13-9-18)17(16(21)24)6-10-22(11-7-17)14-15-4-2-1-3-5-15/h1-5H,6-14H2,(H2,21,24). The molecule has 6 heteroatoms. The molecule has 2 aliphatic rings. The van der Waals surface area contributed by atoms with Crippen LogP contribution in [0.1, 0.15) is 31.2 Å². The highest BCUT2D eigenvalue weighted by molar-refractivity contribution is 5.84. The van der Waals surface area contributed by atoms with Gasteiger partial charge >= 0.3 is 0 Å². The van der Waals surface area contributed by atoms with Gasteiger partial charge in [-0.25, -0.2) is 8.78 Å². The maximum absolute atomic E-state index is 13.4. The summed E-state index contributed by atoms with van der Waals surface area (Å²) in [7, 11) is 0. The molecule has 0 aromatic heterocycles.